The van der Waals surface area contributed by atoms with Crippen LogP contribution in [-0.4, -0.2) is 53.7 Å². The summed E-state index contributed by atoms with van der Waals surface area (Å²) < 4.78 is 3.19. The van der Waals surface area contributed by atoms with Crippen LogP contribution in [0.2, 0.25) is 0 Å². The van der Waals surface area contributed by atoms with E-state index in [2.05, 4.69) is 20.4 Å². The third-order valence-electron chi connectivity index (χ3n) is 5.10. The van der Waals surface area contributed by atoms with Crippen molar-refractivity contribution in [2.75, 3.05) is 13.1 Å². The van der Waals surface area contributed by atoms with Crippen molar-refractivity contribution in [3.05, 3.63) is 56.9 Å². The van der Waals surface area contributed by atoms with Crippen molar-refractivity contribution in [2.24, 2.45) is 5.92 Å². The lowest BCUT2D eigenvalue weighted by molar-refractivity contribution is 0.0457. The lowest BCUT2D eigenvalue weighted by Crippen LogP contribution is -2.52. The molecule has 9 nitrogen and oxygen atoms in total. The predicted octanol–water partition coefficient (Wildman–Crippen LogP) is 1.16. The summed E-state index contributed by atoms with van der Waals surface area (Å²) in [6, 6.07) is 5.16. The molecule has 1 aliphatic heterocycles. The van der Waals surface area contributed by atoms with Gasteiger partial charge in [-0.3, -0.25) is 14.7 Å². The molecule has 1 N–H and O–H groups in total. The van der Waals surface area contributed by atoms with E-state index in [0.717, 1.165) is 17.1 Å². The van der Waals surface area contributed by atoms with Gasteiger partial charge in [-0.15, -0.1) is 5.10 Å². The van der Waals surface area contributed by atoms with Gasteiger partial charge < -0.3 is 4.90 Å². The number of likely N-dealkylation sites (tertiary alicyclic amines) is 1. The zero-order valence-corrected chi connectivity index (χ0v) is 16.4. The highest BCUT2D eigenvalue weighted by Crippen LogP contribution is 2.22. The van der Waals surface area contributed by atoms with Crippen molar-refractivity contribution >= 4 is 5.91 Å². The first-order chi connectivity index (χ1) is 13.3. The zero-order valence-electron chi connectivity index (χ0n) is 16.4. The number of hydrogen-bond donors (Lipinski definition) is 1. The molecule has 0 radical (unpaired) electrons. The number of nitrogens with one attached hydrogen (secondary N) is 1. The van der Waals surface area contributed by atoms with Crippen LogP contribution in [-0.2, 0) is 6.54 Å². The van der Waals surface area contributed by atoms with Gasteiger partial charge in [-0.2, -0.15) is 10.2 Å². The Labute approximate surface area is 162 Å². The molecule has 4 heterocycles. The van der Waals surface area contributed by atoms with Crippen LogP contribution in [0.15, 0.2) is 23.0 Å². The molecule has 4 rings (SSSR count). The summed E-state index contributed by atoms with van der Waals surface area (Å²) in [6.45, 7) is 9.21. The van der Waals surface area contributed by atoms with Crippen molar-refractivity contribution in [1.82, 2.24) is 34.7 Å². The molecule has 3 aromatic heterocycles. The van der Waals surface area contributed by atoms with Crippen LogP contribution >= 0.6 is 0 Å². The average Bonchev–Trinajstić information content (AvgIpc) is 3.12. The topological polar surface area (TPSA) is 102 Å². The number of hydrogen-bond acceptors (Lipinski definition) is 5. The van der Waals surface area contributed by atoms with Crippen LogP contribution in [0, 0.1) is 33.6 Å². The molecule has 1 fully saturated rings. The number of H-pyrrole nitrogens is 1. The molecule has 1 saturated heterocycles. The number of rotatable bonds is 4. The maximum Gasteiger partial charge on any atom is 0.266 e. The van der Waals surface area contributed by atoms with Gasteiger partial charge in [0.15, 0.2) is 5.82 Å². The van der Waals surface area contributed by atoms with Crippen molar-refractivity contribution in [3.63, 3.8) is 0 Å². The van der Waals surface area contributed by atoms with Gasteiger partial charge in [-0.1, -0.05) is 0 Å². The van der Waals surface area contributed by atoms with Gasteiger partial charge in [-0.05, 0) is 39.8 Å². The Hall–Kier alpha value is -3.23. The third kappa shape index (κ3) is 3.12. The van der Waals surface area contributed by atoms with Crippen LogP contribution < -0.4 is 5.56 Å². The Morgan fingerprint density at radius 3 is 2.54 bits per heavy atom. The number of amides is 1. The standard InChI is InChI=1S/C19H23N7O2/c1-11-7-12(2)26(22-11)16-5-6-17(27)25(23-16)10-15-8-24(9-15)19(28)18-13(3)20-21-14(18)4/h5-7,15H,8-10H2,1-4H3,(H,20,21). The fourth-order valence-corrected chi connectivity index (χ4v) is 3.66. The van der Waals surface area contributed by atoms with Crippen molar-refractivity contribution in [3.8, 4) is 5.82 Å². The summed E-state index contributed by atoms with van der Waals surface area (Å²) in [7, 11) is 0. The summed E-state index contributed by atoms with van der Waals surface area (Å²) in [4.78, 5) is 26.7. The van der Waals surface area contributed by atoms with Gasteiger partial charge in [0.05, 0.1) is 23.5 Å². The summed E-state index contributed by atoms with van der Waals surface area (Å²) in [5.74, 6) is 0.788. The van der Waals surface area contributed by atoms with Crippen molar-refractivity contribution in [1.29, 1.82) is 0 Å². The van der Waals surface area contributed by atoms with Crippen LogP contribution in [0.4, 0.5) is 0 Å². The second-order valence-electron chi connectivity index (χ2n) is 7.44. The van der Waals surface area contributed by atoms with Crippen molar-refractivity contribution < 1.29 is 4.79 Å². The Kier molecular flexibility index (Phi) is 4.37. The number of aromatic amines is 1. The lowest BCUT2D eigenvalue weighted by atomic mass is 9.98. The van der Waals surface area contributed by atoms with Gasteiger partial charge in [0, 0.05) is 36.5 Å². The number of carbonyl (C=O) groups excluding carboxylic acids is 1. The summed E-state index contributed by atoms with van der Waals surface area (Å²) >= 11 is 0. The molecular weight excluding hydrogens is 358 g/mol. The Morgan fingerprint density at radius 1 is 1.18 bits per heavy atom. The molecule has 1 amide bonds. The fourth-order valence-electron chi connectivity index (χ4n) is 3.66. The van der Waals surface area contributed by atoms with Gasteiger partial charge in [0.25, 0.3) is 11.5 Å². The van der Waals surface area contributed by atoms with E-state index in [1.54, 1.807) is 15.6 Å². The normalized spacial score (nSPS) is 14.4. The molecule has 0 aliphatic carbocycles. The Morgan fingerprint density at radius 2 is 1.93 bits per heavy atom. The van der Waals surface area contributed by atoms with Crippen LogP contribution in [0.1, 0.15) is 33.1 Å². The van der Waals surface area contributed by atoms with Crippen LogP contribution in [0.25, 0.3) is 5.82 Å². The first kappa shape index (κ1) is 18.1. The van der Waals surface area contributed by atoms with Crippen LogP contribution in [0.5, 0.6) is 0 Å². The Balaban J connectivity index is 1.46. The summed E-state index contributed by atoms with van der Waals surface area (Å²) in [5.41, 5.74) is 3.83. The molecule has 3 aromatic rings. The molecule has 0 saturated carbocycles. The van der Waals surface area contributed by atoms with E-state index in [1.807, 2.05) is 33.8 Å². The Bertz CT molecular complexity index is 1080. The maximum absolute atomic E-state index is 12.6. The second-order valence-corrected chi connectivity index (χ2v) is 7.44. The first-order valence-corrected chi connectivity index (χ1v) is 9.26. The predicted molar refractivity (Wildman–Crippen MR) is 103 cm³/mol. The van der Waals surface area contributed by atoms with E-state index in [9.17, 15) is 9.59 Å². The summed E-state index contributed by atoms with van der Waals surface area (Å²) in [5, 5.41) is 15.8. The highest BCUT2D eigenvalue weighted by molar-refractivity contribution is 5.96. The van der Waals surface area contributed by atoms with Crippen LogP contribution in [0.3, 0.4) is 0 Å². The van der Waals surface area contributed by atoms with E-state index >= 15 is 0 Å². The van der Waals surface area contributed by atoms with E-state index in [-0.39, 0.29) is 17.4 Å². The quantitative estimate of drug-likeness (QED) is 0.731. The number of carbonyl (C=O) groups is 1. The molecule has 0 unspecified atom stereocenters. The number of nitrogens with zero attached hydrogens (tertiary/aromatic N) is 6. The minimum atomic E-state index is -0.156. The number of aryl methyl sites for hydroxylation is 4. The number of aromatic nitrogens is 6. The lowest BCUT2D eigenvalue weighted by Gasteiger charge is -2.39. The molecule has 28 heavy (non-hydrogen) atoms. The highest BCUT2D eigenvalue weighted by Gasteiger charge is 2.33. The van der Waals surface area contributed by atoms with Crippen molar-refractivity contribution in [2.45, 2.75) is 34.2 Å². The zero-order chi connectivity index (χ0) is 20.0. The molecule has 1 aliphatic rings. The second kappa shape index (κ2) is 6.74. The maximum atomic E-state index is 12.6. The molecule has 9 heteroatoms. The monoisotopic (exact) mass is 381 g/mol. The molecule has 0 bridgehead atoms. The smallest absolute Gasteiger partial charge is 0.266 e. The molecule has 146 valence electrons. The molecule has 0 aromatic carbocycles. The van der Waals surface area contributed by atoms with E-state index < -0.39 is 0 Å². The molecule has 0 spiro atoms. The largest absolute Gasteiger partial charge is 0.338 e. The fraction of sp³-hybridized carbons (Fsp3) is 0.421. The van der Waals surface area contributed by atoms with Gasteiger partial charge in [0.2, 0.25) is 0 Å². The van der Waals surface area contributed by atoms with Gasteiger partial charge >= 0.3 is 0 Å². The van der Waals surface area contributed by atoms with E-state index in [1.165, 1.54) is 10.7 Å². The third-order valence-corrected chi connectivity index (χ3v) is 5.10. The van der Waals surface area contributed by atoms with E-state index in [4.69, 9.17) is 0 Å². The average molecular weight is 381 g/mol. The highest BCUT2D eigenvalue weighted by atomic mass is 16.2. The minimum Gasteiger partial charge on any atom is -0.338 e. The molecular formula is C19H23N7O2. The minimum absolute atomic E-state index is 0.0169. The van der Waals surface area contributed by atoms with E-state index in [0.29, 0.717) is 36.7 Å². The van der Waals surface area contributed by atoms with Gasteiger partial charge in [-0.25, -0.2) is 9.36 Å². The van der Waals surface area contributed by atoms with Gasteiger partial charge in [0.1, 0.15) is 0 Å². The summed E-state index contributed by atoms with van der Waals surface area (Å²) in [6.07, 6.45) is 0. The first-order valence-electron chi connectivity index (χ1n) is 9.26. The SMILES string of the molecule is Cc1cc(C)n(-c2ccc(=O)n(CC3CN(C(=O)c4c(C)n[nH]c4C)C3)n2)n1. The molecule has 0 atom stereocenters.